The van der Waals surface area contributed by atoms with E-state index >= 15 is 0 Å². The lowest BCUT2D eigenvalue weighted by atomic mass is 10.1. The molecule has 26 heavy (non-hydrogen) atoms. The van der Waals surface area contributed by atoms with Gasteiger partial charge in [-0.2, -0.15) is 0 Å². The summed E-state index contributed by atoms with van der Waals surface area (Å²) in [7, 11) is 4.78. The van der Waals surface area contributed by atoms with Crippen molar-refractivity contribution in [3.63, 3.8) is 0 Å². The first-order valence-electron chi connectivity index (χ1n) is 7.94. The Balaban J connectivity index is 2.09. The van der Waals surface area contributed by atoms with E-state index in [0.29, 0.717) is 11.4 Å². The van der Waals surface area contributed by atoms with Gasteiger partial charge in [-0.05, 0) is 12.1 Å². The average molecular weight is 359 g/mol. The zero-order chi connectivity index (χ0) is 19.1. The van der Waals surface area contributed by atoms with Gasteiger partial charge >= 0.3 is 0 Å². The highest BCUT2D eigenvalue weighted by atomic mass is 16.6. The van der Waals surface area contributed by atoms with E-state index < -0.39 is 10.8 Å². The maximum absolute atomic E-state index is 12.4. The van der Waals surface area contributed by atoms with Gasteiger partial charge in [0.1, 0.15) is 23.8 Å². The molecule has 0 saturated carbocycles. The molecule has 2 aromatic carbocycles. The van der Waals surface area contributed by atoms with Crippen molar-refractivity contribution in [2.75, 3.05) is 39.3 Å². The molecule has 2 rings (SSSR count). The van der Waals surface area contributed by atoms with E-state index in [-0.39, 0.29) is 30.2 Å². The topological polar surface area (TPSA) is 93.9 Å². The predicted molar refractivity (Wildman–Crippen MR) is 98.2 cm³/mol. The van der Waals surface area contributed by atoms with Crippen molar-refractivity contribution in [3.8, 4) is 11.5 Å². The van der Waals surface area contributed by atoms with Crippen LogP contribution >= 0.6 is 0 Å². The van der Waals surface area contributed by atoms with Gasteiger partial charge in [-0.3, -0.25) is 14.9 Å². The van der Waals surface area contributed by atoms with E-state index in [1.165, 1.54) is 19.2 Å². The summed E-state index contributed by atoms with van der Waals surface area (Å²) in [5.41, 5.74) is 0.293. The fourth-order valence-electron chi connectivity index (χ4n) is 2.35. The van der Waals surface area contributed by atoms with Crippen molar-refractivity contribution < 1.29 is 19.2 Å². The molecule has 138 valence electrons. The van der Waals surface area contributed by atoms with Crippen LogP contribution in [0.3, 0.4) is 0 Å². The van der Waals surface area contributed by atoms with E-state index in [0.717, 1.165) is 0 Å². The first-order valence-corrected chi connectivity index (χ1v) is 7.94. The lowest BCUT2D eigenvalue weighted by Gasteiger charge is -2.16. The molecule has 8 heteroatoms. The molecule has 0 aliphatic heterocycles. The fraction of sp³-hybridized carbons (Fsp3) is 0.278. The van der Waals surface area contributed by atoms with Gasteiger partial charge < -0.3 is 19.7 Å². The van der Waals surface area contributed by atoms with Crippen LogP contribution < -0.4 is 19.7 Å². The van der Waals surface area contributed by atoms with Gasteiger partial charge in [0.2, 0.25) is 0 Å². The number of rotatable bonds is 8. The minimum Gasteiger partial charge on any atom is -0.496 e. The van der Waals surface area contributed by atoms with Gasteiger partial charge in [0.05, 0.1) is 24.1 Å². The Labute approximate surface area is 151 Å². The van der Waals surface area contributed by atoms with E-state index in [4.69, 9.17) is 9.47 Å². The molecule has 0 aliphatic carbocycles. The predicted octanol–water partition coefficient (Wildman–Crippen LogP) is 2.48. The van der Waals surface area contributed by atoms with Gasteiger partial charge in [-0.25, -0.2) is 0 Å². The Kier molecular flexibility index (Phi) is 6.37. The monoisotopic (exact) mass is 359 g/mol. The lowest BCUT2D eigenvalue weighted by molar-refractivity contribution is -0.384. The van der Waals surface area contributed by atoms with Crippen molar-refractivity contribution in [1.82, 2.24) is 5.32 Å². The average Bonchev–Trinajstić information content (AvgIpc) is 2.64. The van der Waals surface area contributed by atoms with E-state index in [2.05, 4.69) is 5.32 Å². The largest absolute Gasteiger partial charge is 0.496 e. The molecule has 0 atom stereocenters. The number of methoxy groups -OCH3 is 1. The number of anilines is 1. The Hall–Kier alpha value is -3.29. The number of para-hydroxylation sites is 1. The van der Waals surface area contributed by atoms with Gasteiger partial charge in [0.15, 0.2) is 0 Å². The molecule has 0 fully saturated rings. The Morgan fingerprint density at radius 1 is 1.23 bits per heavy atom. The maximum atomic E-state index is 12.4. The minimum atomic E-state index is -0.524. The second-order valence-electron chi connectivity index (χ2n) is 5.61. The summed E-state index contributed by atoms with van der Waals surface area (Å²) in [6.07, 6.45) is 0. The smallest absolute Gasteiger partial charge is 0.293 e. The molecule has 0 heterocycles. The molecular weight excluding hydrogens is 338 g/mol. The first-order chi connectivity index (χ1) is 12.4. The van der Waals surface area contributed by atoms with Crippen molar-refractivity contribution >= 4 is 17.3 Å². The highest BCUT2D eigenvalue weighted by Crippen LogP contribution is 2.34. The van der Waals surface area contributed by atoms with Crippen LogP contribution in [0, 0.1) is 10.1 Å². The number of carbonyl (C=O) groups is 1. The quantitative estimate of drug-likeness (QED) is 0.442. The molecular formula is C18H21N3O5. The van der Waals surface area contributed by atoms with Gasteiger partial charge in [-0.15, -0.1) is 0 Å². The molecule has 0 spiro atoms. The molecule has 0 saturated heterocycles. The molecule has 1 N–H and O–H groups in total. The molecule has 2 aromatic rings. The number of amides is 1. The lowest BCUT2D eigenvalue weighted by Crippen LogP contribution is -2.28. The number of ether oxygens (including phenoxy) is 2. The Morgan fingerprint density at radius 2 is 1.92 bits per heavy atom. The number of nitrogens with one attached hydrogen (secondary N) is 1. The number of nitro benzene ring substituents is 1. The summed E-state index contributed by atoms with van der Waals surface area (Å²) in [5.74, 6) is 0.498. The van der Waals surface area contributed by atoms with Crippen LogP contribution in [0.2, 0.25) is 0 Å². The summed E-state index contributed by atoms with van der Waals surface area (Å²) >= 11 is 0. The summed E-state index contributed by atoms with van der Waals surface area (Å²) in [6, 6.07) is 11.9. The second-order valence-corrected chi connectivity index (χ2v) is 5.61. The van der Waals surface area contributed by atoms with Crippen LogP contribution in [0.5, 0.6) is 11.5 Å². The van der Waals surface area contributed by atoms with Crippen LogP contribution in [-0.4, -0.2) is 45.2 Å². The SMILES string of the molecule is COc1cc(N(C)C)c([N+](=O)[O-])cc1C(=O)NCCOc1ccccc1. The molecule has 0 unspecified atom stereocenters. The number of nitro groups is 1. The van der Waals surface area contributed by atoms with Gasteiger partial charge in [-0.1, -0.05) is 18.2 Å². The van der Waals surface area contributed by atoms with Crippen LogP contribution in [0.4, 0.5) is 11.4 Å². The van der Waals surface area contributed by atoms with Crippen LogP contribution in [0.15, 0.2) is 42.5 Å². The summed E-state index contributed by atoms with van der Waals surface area (Å²) in [6.45, 7) is 0.524. The van der Waals surface area contributed by atoms with Crippen molar-refractivity contribution in [2.45, 2.75) is 0 Å². The van der Waals surface area contributed by atoms with Crippen LogP contribution in [-0.2, 0) is 0 Å². The third-order valence-electron chi connectivity index (χ3n) is 3.62. The standard InChI is InChI=1S/C18H21N3O5/c1-20(2)15-12-17(25-3)14(11-16(15)21(23)24)18(22)19-9-10-26-13-7-5-4-6-8-13/h4-8,11-12H,9-10H2,1-3H3,(H,19,22). The summed E-state index contributed by atoms with van der Waals surface area (Å²) in [5, 5.41) is 14.0. The summed E-state index contributed by atoms with van der Waals surface area (Å²) < 4.78 is 10.7. The normalized spacial score (nSPS) is 10.1. The number of hydrogen-bond acceptors (Lipinski definition) is 6. The highest BCUT2D eigenvalue weighted by molar-refractivity contribution is 5.98. The highest BCUT2D eigenvalue weighted by Gasteiger charge is 2.23. The zero-order valence-corrected chi connectivity index (χ0v) is 14.9. The summed E-state index contributed by atoms with van der Waals surface area (Å²) in [4.78, 5) is 24.8. The fourth-order valence-corrected chi connectivity index (χ4v) is 2.35. The van der Waals surface area contributed by atoms with Gasteiger partial charge in [0, 0.05) is 26.2 Å². The van der Waals surface area contributed by atoms with Crippen LogP contribution in [0.1, 0.15) is 10.4 Å². The maximum Gasteiger partial charge on any atom is 0.293 e. The second kappa shape index (κ2) is 8.70. The Bertz CT molecular complexity index is 778. The molecule has 0 bridgehead atoms. The minimum absolute atomic E-state index is 0.101. The van der Waals surface area contributed by atoms with Crippen molar-refractivity contribution in [3.05, 3.63) is 58.1 Å². The third kappa shape index (κ3) is 4.62. The van der Waals surface area contributed by atoms with Gasteiger partial charge in [0.25, 0.3) is 11.6 Å². The van der Waals surface area contributed by atoms with E-state index in [1.54, 1.807) is 19.0 Å². The van der Waals surface area contributed by atoms with Crippen molar-refractivity contribution in [1.29, 1.82) is 0 Å². The number of benzene rings is 2. The number of nitrogens with zero attached hydrogens (tertiary/aromatic N) is 2. The molecule has 1 amide bonds. The molecule has 8 nitrogen and oxygen atoms in total. The first kappa shape index (κ1) is 19.0. The van der Waals surface area contributed by atoms with E-state index in [1.807, 2.05) is 30.3 Å². The molecule has 0 aliphatic rings. The number of hydrogen-bond donors (Lipinski definition) is 1. The van der Waals surface area contributed by atoms with Crippen molar-refractivity contribution in [2.24, 2.45) is 0 Å². The Morgan fingerprint density at radius 3 is 2.50 bits per heavy atom. The molecule has 0 radical (unpaired) electrons. The van der Waals surface area contributed by atoms with Crippen LogP contribution in [0.25, 0.3) is 0 Å². The number of carbonyl (C=O) groups excluding carboxylic acids is 1. The zero-order valence-electron chi connectivity index (χ0n) is 14.9. The third-order valence-corrected chi connectivity index (χ3v) is 3.62. The molecule has 0 aromatic heterocycles. The van der Waals surface area contributed by atoms with E-state index in [9.17, 15) is 14.9 Å².